The molecule has 2 heterocycles. The van der Waals surface area contributed by atoms with Gasteiger partial charge in [0.2, 0.25) is 0 Å². The number of halogens is 1. The number of anilines is 2. The Morgan fingerprint density at radius 2 is 1.96 bits per heavy atom. The minimum Gasteiger partial charge on any atom is -0.361 e. The number of carbonyl (C=O) groups is 1. The summed E-state index contributed by atoms with van der Waals surface area (Å²) in [6.45, 7) is 0.523. The lowest BCUT2D eigenvalue weighted by molar-refractivity contribution is 0.0954. The first kappa shape index (κ1) is 17.7. The quantitative estimate of drug-likeness (QED) is 0.468. The Morgan fingerprint density at radius 1 is 1.07 bits per heavy atom. The highest BCUT2D eigenvalue weighted by atomic mass is 19.1. The molecule has 28 heavy (non-hydrogen) atoms. The number of aromatic amines is 1. The van der Waals surface area contributed by atoms with Crippen molar-refractivity contribution >= 4 is 28.3 Å². The summed E-state index contributed by atoms with van der Waals surface area (Å²) in [5.74, 6) is -0.0319. The highest BCUT2D eigenvalue weighted by Gasteiger charge is 2.08. The molecule has 4 rings (SSSR count). The number of para-hydroxylation sites is 1. The van der Waals surface area contributed by atoms with E-state index >= 15 is 0 Å². The fourth-order valence-electron chi connectivity index (χ4n) is 3.11. The van der Waals surface area contributed by atoms with Crippen molar-refractivity contribution in [3.8, 4) is 0 Å². The molecule has 0 spiro atoms. The van der Waals surface area contributed by atoms with Gasteiger partial charge in [0.15, 0.2) is 0 Å². The van der Waals surface area contributed by atoms with Gasteiger partial charge in [0.1, 0.15) is 11.6 Å². The van der Waals surface area contributed by atoms with E-state index in [1.54, 1.807) is 30.5 Å². The van der Waals surface area contributed by atoms with Gasteiger partial charge < -0.3 is 15.6 Å². The summed E-state index contributed by atoms with van der Waals surface area (Å²) in [7, 11) is 0. The third-order valence-corrected chi connectivity index (χ3v) is 4.47. The van der Waals surface area contributed by atoms with E-state index in [-0.39, 0.29) is 11.7 Å². The zero-order chi connectivity index (χ0) is 19.3. The smallest absolute Gasteiger partial charge is 0.251 e. The van der Waals surface area contributed by atoms with Crippen molar-refractivity contribution < 1.29 is 9.18 Å². The standard InChI is InChI=1S/C22H19FN4O/c23-17-4-3-5-18(13-17)27-21-12-15(8-10-24-21)22(28)25-11-9-16-14-26-20-7-2-1-6-19(16)20/h1-8,10,12-14,26H,9,11H2,(H,24,27)(H,25,28). The first-order valence-electron chi connectivity index (χ1n) is 9.01. The molecule has 0 saturated heterocycles. The van der Waals surface area contributed by atoms with Gasteiger partial charge >= 0.3 is 0 Å². The lowest BCUT2D eigenvalue weighted by Crippen LogP contribution is -2.25. The Balaban J connectivity index is 1.38. The van der Waals surface area contributed by atoms with E-state index in [9.17, 15) is 9.18 Å². The molecule has 2 aromatic heterocycles. The minimum absolute atomic E-state index is 0.176. The zero-order valence-corrected chi connectivity index (χ0v) is 15.1. The molecule has 0 bridgehead atoms. The number of amides is 1. The van der Waals surface area contributed by atoms with Gasteiger partial charge in [0.25, 0.3) is 5.91 Å². The number of nitrogens with zero attached hydrogens (tertiary/aromatic N) is 1. The van der Waals surface area contributed by atoms with Crippen LogP contribution in [0.5, 0.6) is 0 Å². The zero-order valence-electron chi connectivity index (χ0n) is 15.1. The van der Waals surface area contributed by atoms with Crippen molar-refractivity contribution in [2.24, 2.45) is 0 Å². The van der Waals surface area contributed by atoms with Crippen LogP contribution < -0.4 is 10.6 Å². The summed E-state index contributed by atoms with van der Waals surface area (Å²) in [4.78, 5) is 19.9. The van der Waals surface area contributed by atoms with Crippen molar-refractivity contribution in [2.75, 3.05) is 11.9 Å². The van der Waals surface area contributed by atoms with Crippen LogP contribution in [0.4, 0.5) is 15.9 Å². The van der Waals surface area contributed by atoms with Gasteiger partial charge in [-0.05, 0) is 48.4 Å². The fraction of sp³-hybridized carbons (Fsp3) is 0.0909. The van der Waals surface area contributed by atoms with Crippen LogP contribution in [0.2, 0.25) is 0 Å². The number of carbonyl (C=O) groups excluding carboxylic acids is 1. The molecule has 0 aliphatic rings. The third kappa shape index (κ3) is 4.01. The summed E-state index contributed by atoms with van der Waals surface area (Å²) < 4.78 is 13.3. The van der Waals surface area contributed by atoms with Crippen molar-refractivity contribution in [1.82, 2.24) is 15.3 Å². The molecule has 5 nitrogen and oxygen atoms in total. The molecule has 0 atom stereocenters. The van der Waals surface area contributed by atoms with Crippen LogP contribution >= 0.6 is 0 Å². The lowest BCUT2D eigenvalue weighted by Gasteiger charge is -2.08. The average molecular weight is 374 g/mol. The van der Waals surface area contributed by atoms with E-state index in [0.717, 1.165) is 11.9 Å². The second-order valence-corrected chi connectivity index (χ2v) is 6.43. The number of aromatic nitrogens is 2. The van der Waals surface area contributed by atoms with Crippen LogP contribution in [0, 0.1) is 5.82 Å². The third-order valence-electron chi connectivity index (χ3n) is 4.47. The van der Waals surface area contributed by atoms with Gasteiger partial charge in [-0.25, -0.2) is 9.37 Å². The molecule has 0 aliphatic carbocycles. The number of nitrogens with one attached hydrogen (secondary N) is 3. The van der Waals surface area contributed by atoms with Crippen LogP contribution in [0.1, 0.15) is 15.9 Å². The van der Waals surface area contributed by atoms with Crippen molar-refractivity contribution in [3.63, 3.8) is 0 Å². The van der Waals surface area contributed by atoms with Crippen LogP contribution in [-0.4, -0.2) is 22.4 Å². The molecule has 0 unspecified atom stereocenters. The summed E-state index contributed by atoms with van der Waals surface area (Å²) in [5.41, 5.74) is 3.32. The molecule has 0 fully saturated rings. The van der Waals surface area contributed by atoms with Crippen molar-refractivity contribution in [2.45, 2.75) is 6.42 Å². The fourth-order valence-corrected chi connectivity index (χ4v) is 3.11. The summed E-state index contributed by atoms with van der Waals surface area (Å²) in [6, 6.07) is 17.5. The number of hydrogen-bond donors (Lipinski definition) is 3. The molecule has 0 aliphatic heterocycles. The second kappa shape index (κ2) is 7.92. The van der Waals surface area contributed by atoms with Gasteiger partial charge in [-0.15, -0.1) is 0 Å². The van der Waals surface area contributed by atoms with E-state index < -0.39 is 0 Å². The largest absolute Gasteiger partial charge is 0.361 e. The van der Waals surface area contributed by atoms with Crippen molar-refractivity contribution in [1.29, 1.82) is 0 Å². The normalized spacial score (nSPS) is 10.8. The van der Waals surface area contributed by atoms with E-state index in [1.165, 1.54) is 23.1 Å². The SMILES string of the molecule is O=C(NCCc1c[nH]c2ccccc12)c1ccnc(Nc2cccc(F)c2)c1. The molecular formula is C22H19FN4O. The maximum atomic E-state index is 13.3. The Bertz CT molecular complexity index is 1120. The van der Waals surface area contributed by atoms with Gasteiger partial charge in [-0.1, -0.05) is 24.3 Å². The molecule has 3 N–H and O–H groups in total. The number of fused-ring (bicyclic) bond motifs is 1. The maximum absolute atomic E-state index is 13.3. The summed E-state index contributed by atoms with van der Waals surface area (Å²) >= 11 is 0. The molecule has 0 saturated carbocycles. The van der Waals surface area contributed by atoms with E-state index in [0.29, 0.717) is 23.6 Å². The molecule has 1 amide bonds. The van der Waals surface area contributed by atoms with Crippen LogP contribution in [0.25, 0.3) is 10.9 Å². The first-order chi connectivity index (χ1) is 13.7. The number of hydrogen-bond acceptors (Lipinski definition) is 3. The maximum Gasteiger partial charge on any atom is 0.251 e. The predicted octanol–water partition coefficient (Wildman–Crippen LogP) is 4.42. The van der Waals surface area contributed by atoms with Gasteiger partial charge in [0.05, 0.1) is 0 Å². The number of pyridine rings is 1. The Labute approximate surface area is 161 Å². The van der Waals surface area contributed by atoms with E-state index in [2.05, 4.69) is 26.7 Å². The van der Waals surface area contributed by atoms with E-state index in [1.807, 2.05) is 24.4 Å². The highest BCUT2D eigenvalue weighted by Crippen LogP contribution is 2.18. The molecular weight excluding hydrogens is 355 g/mol. The highest BCUT2D eigenvalue weighted by molar-refractivity contribution is 5.95. The molecule has 140 valence electrons. The molecule has 0 radical (unpaired) electrons. The Hall–Kier alpha value is -3.67. The first-order valence-corrected chi connectivity index (χ1v) is 9.01. The minimum atomic E-state index is -0.337. The van der Waals surface area contributed by atoms with Gasteiger partial charge in [-0.3, -0.25) is 4.79 Å². The Kier molecular flexibility index (Phi) is 5.01. The second-order valence-electron chi connectivity index (χ2n) is 6.43. The van der Waals surface area contributed by atoms with Gasteiger partial charge in [0, 0.05) is 41.1 Å². The predicted molar refractivity (Wildman–Crippen MR) is 108 cm³/mol. The van der Waals surface area contributed by atoms with Crippen LogP contribution in [0.3, 0.4) is 0 Å². The van der Waals surface area contributed by atoms with E-state index in [4.69, 9.17) is 0 Å². The summed E-state index contributed by atoms with van der Waals surface area (Å²) in [5, 5.41) is 7.11. The van der Waals surface area contributed by atoms with Gasteiger partial charge in [-0.2, -0.15) is 0 Å². The molecule has 6 heteroatoms. The van der Waals surface area contributed by atoms with Crippen LogP contribution in [0.15, 0.2) is 73.1 Å². The van der Waals surface area contributed by atoms with Crippen LogP contribution in [-0.2, 0) is 6.42 Å². The monoisotopic (exact) mass is 374 g/mol. The number of H-pyrrole nitrogens is 1. The van der Waals surface area contributed by atoms with Crippen molar-refractivity contribution in [3.05, 3.63) is 90.0 Å². The lowest BCUT2D eigenvalue weighted by atomic mass is 10.1. The average Bonchev–Trinajstić information content (AvgIpc) is 3.11. The molecule has 4 aromatic rings. The summed E-state index contributed by atoms with van der Waals surface area (Å²) in [6.07, 6.45) is 4.26. The number of benzene rings is 2. The molecule has 2 aromatic carbocycles. The number of rotatable bonds is 6. The Morgan fingerprint density at radius 3 is 2.86 bits per heavy atom. The topological polar surface area (TPSA) is 69.8 Å².